The summed E-state index contributed by atoms with van der Waals surface area (Å²) in [7, 11) is 0. The van der Waals surface area contributed by atoms with E-state index in [0.717, 1.165) is 24.4 Å². The van der Waals surface area contributed by atoms with Crippen molar-refractivity contribution in [1.82, 2.24) is 10.3 Å². The summed E-state index contributed by atoms with van der Waals surface area (Å²) in [4.78, 5) is 17.4. The van der Waals surface area contributed by atoms with Crippen molar-refractivity contribution in [2.24, 2.45) is 0 Å². The van der Waals surface area contributed by atoms with Crippen molar-refractivity contribution in [1.29, 1.82) is 0 Å². The molecular formula is C14H15N3OS. The average Bonchev–Trinajstić information content (AvgIpc) is 2.83. The Hall–Kier alpha value is -1.72. The number of hydrogen-bond acceptors (Lipinski definition) is 4. The van der Waals surface area contributed by atoms with Crippen molar-refractivity contribution >= 4 is 22.4 Å². The molecule has 3 rings (SSSR count). The minimum Gasteiger partial charge on any atom is -0.312 e. The van der Waals surface area contributed by atoms with Crippen molar-refractivity contribution in [2.45, 2.75) is 19.9 Å². The van der Waals surface area contributed by atoms with Gasteiger partial charge in [-0.1, -0.05) is 6.07 Å². The lowest BCUT2D eigenvalue weighted by atomic mass is 9.98. The summed E-state index contributed by atoms with van der Waals surface area (Å²) in [5, 5.41) is 6.80. The van der Waals surface area contributed by atoms with Crippen molar-refractivity contribution < 1.29 is 4.79 Å². The van der Waals surface area contributed by atoms with Gasteiger partial charge >= 0.3 is 0 Å². The summed E-state index contributed by atoms with van der Waals surface area (Å²) in [6.07, 6.45) is 2.79. The van der Waals surface area contributed by atoms with Gasteiger partial charge in [0.25, 0.3) is 5.91 Å². The van der Waals surface area contributed by atoms with Crippen LogP contribution in [-0.4, -0.2) is 17.4 Å². The Morgan fingerprint density at radius 3 is 3.11 bits per heavy atom. The van der Waals surface area contributed by atoms with E-state index in [-0.39, 0.29) is 5.91 Å². The highest BCUT2D eigenvalue weighted by Crippen LogP contribution is 2.19. The maximum atomic E-state index is 12.1. The molecule has 5 heteroatoms. The minimum atomic E-state index is -0.0947. The van der Waals surface area contributed by atoms with Gasteiger partial charge in [0.15, 0.2) is 5.13 Å². The topological polar surface area (TPSA) is 54.0 Å². The Bertz CT molecular complexity index is 621. The predicted octanol–water partition coefficient (Wildman–Crippen LogP) is 2.35. The smallest absolute Gasteiger partial charge is 0.257 e. The van der Waals surface area contributed by atoms with Crippen molar-refractivity contribution in [2.75, 3.05) is 11.9 Å². The van der Waals surface area contributed by atoms with E-state index in [2.05, 4.69) is 21.7 Å². The molecule has 1 aromatic carbocycles. The zero-order valence-corrected chi connectivity index (χ0v) is 11.5. The lowest BCUT2D eigenvalue weighted by Gasteiger charge is -2.17. The molecule has 0 bridgehead atoms. The molecule has 0 unspecified atom stereocenters. The molecule has 0 fully saturated rings. The normalized spacial score (nSPS) is 13.9. The Balaban J connectivity index is 1.80. The second-order valence-electron chi connectivity index (χ2n) is 4.64. The third-order valence-corrected chi connectivity index (χ3v) is 4.02. The lowest BCUT2D eigenvalue weighted by Crippen LogP contribution is -2.24. The number of benzene rings is 1. The molecule has 1 amide bonds. The molecule has 1 aliphatic heterocycles. The fourth-order valence-electron chi connectivity index (χ4n) is 2.20. The number of anilines is 1. The predicted molar refractivity (Wildman–Crippen MR) is 76.7 cm³/mol. The zero-order valence-electron chi connectivity index (χ0n) is 10.7. The first-order valence-corrected chi connectivity index (χ1v) is 7.10. The molecule has 1 aliphatic rings. The highest BCUT2D eigenvalue weighted by Gasteiger charge is 2.13. The molecule has 4 nitrogen and oxygen atoms in total. The summed E-state index contributed by atoms with van der Waals surface area (Å²) in [6.45, 7) is 3.82. The van der Waals surface area contributed by atoms with Crippen LogP contribution >= 0.6 is 11.3 Å². The van der Waals surface area contributed by atoms with Crippen LogP contribution in [0.1, 0.15) is 26.4 Å². The van der Waals surface area contributed by atoms with Gasteiger partial charge in [-0.25, -0.2) is 4.98 Å². The molecule has 0 atom stereocenters. The van der Waals surface area contributed by atoms with E-state index in [4.69, 9.17) is 0 Å². The molecule has 2 N–H and O–H groups in total. The van der Waals surface area contributed by atoms with Crippen LogP contribution in [0, 0.1) is 6.92 Å². The van der Waals surface area contributed by atoms with Gasteiger partial charge < -0.3 is 5.32 Å². The number of amides is 1. The number of carbonyl (C=O) groups excluding carboxylic acids is 1. The number of thiazole rings is 1. The maximum absolute atomic E-state index is 12.1. The number of aryl methyl sites for hydroxylation is 1. The first kappa shape index (κ1) is 12.3. The van der Waals surface area contributed by atoms with E-state index in [0.29, 0.717) is 10.7 Å². The standard InChI is InChI=1S/C14H15N3OS/c1-9-7-16-14(19-9)17-13(18)11-3-2-10-4-5-15-8-12(10)6-11/h2-3,6-7,15H,4-5,8H2,1H3,(H,16,17,18). The van der Waals surface area contributed by atoms with Gasteiger partial charge in [0.2, 0.25) is 0 Å². The van der Waals surface area contributed by atoms with Gasteiger partial charge in [0, 0.05) is 23.2 Å². The fourth-order valence-corrected chi connectivity index (χ4v) is 2.86. The monoisotopic (exact) mass is 273 g/mol. The van der Waals surface area contributed by atoms with E-state index in [1.165, 1.54) is 22.5 Å². The number of aromatic nitrogens is 1. The van der Waals surface area contributed by atoms with Crippen LogP contribution in [0.2, 0.25) is 0 Å². The molecule has 0 aliphatic carbocycles. The van der Waals surface area contributed by atoms with Crippen LogP contribution in [0.3, 0.4) is 0 Å². The van der Waals surface area contributed by atoms with E-state index < -0.39 is 0 Å². The third-order valence-electron chi connectivity index (χ3n) is 3.20. The molecule has 98 valence electrons. The van der Waals surface area contributed by atoms with E-state index in [9.17, 15) is 4.79 Å². The largest absolute Gasteiger partial charge is 0.312 e. The van der Waals surface area contributed by atoms with Crippen molar-refractivity contribution in [3.63, 3.8) is 0 Å². The average molecular weight is 273 g/mol. The quantitative estimate of drug-likeness (QED) is 0.883. The first-order valence-electron chi connectivity index (χ1n) is 6.29. The second-order valence-corrected chi connectivity index (χ2v) is 5.88. The number of hydrogen-bond donors (Lipinski definition) is 2. The number of nitrogens with zero attached hydrogens (tertiary/aromatic N) is 1. The van der Waals surface area contributed by atoms with Gasteiger partial charge in [-0.3, -0.25) is 10.1 Å². The molecule has 0 saturated heterocycles. The number of carbonyl (C=O) groups is 1. The summed E-state index contributed by atoms with van der Waals surface area (Å²) < 4.78 is 0. The van der Waals surface area contributed by atoms with Crippen LogP contribution in [0.25, 0.3) is 0 Å². The second kappa shape index (κ2) is 5.11. The van der Waals surface area contributed by atoms with Gasteiger partial charge in [-0.15, -0.1) is 11.3 Å². The fraction of sp³-hybridized carbons (Fsp3) is 0.286. The Morgan fingerprint density at radius 2 is 2.32 bits per heavy atom. The molecular weight excluding hydrogens is 258 g/mol. The van der Waals surface area contributed by atoms with Crippen molar-refractivity contribution in [3.8, 4) is 0 Å². The maximum Gasteiger partial charge on any atom is 0.257 e. The van der Waals surface area contributed by atoms with Crippen LogP contribution < -0.4 is 10.6 Å². The summed E-state index contributed by atoms with van der Waals surface area (Å²) in [5.41, 5.74) is 3.24. The zero-order chi connectivity index (χ0) is 13.2. The molecule has 2 heterocycles. The summed E-state index contributed by atoms with van der Waals surface area (Å²) in [5.74, 6) is -0.0947. The van der Waals surface area contributed by atoms with E-state index >= 15 is 0 Å². The lowest BCUT2D eigenvalue weighted by molar-refractivity contribution is 0.102. The van der Waals surface area contributed by atoms with Crippen LogP contribution in [-0.2, 0) is 13.0 Å². The van der Waals surface area contributed by atoms with Crippen LogP contribution in [0.5, 0.6) is 0 Å². The highest BCUT2D eigenvalue weighted by atomic mass is 32.1. The number of fused-ring (bicyclic) bond motifs is 1. The van der Waals surface area contributed by atoms with E-state index in [1.54, 1.807) is 6.20 Å². The summed E-state index contributed by atoms with van der Waals surface area (Å²) >= 11 is 1.48. The number of rotatable bonds is 2. The highest BCUT2D eigenvalue weighted by molar-refractivity contribution is 7.15. The van der Waals surface area contributed by atoms with Gasteiger partial charge in [0.1, 0.15) is 0 Å². The van der Waals surface area contributed by atoms with Crippen molar-refractivity contribution in [3.05, 3.63) is 46.0 Å². The SMILES string of the molecule is Cc1cnc(NC(=O)c2ccc3c(c2)CNCC3)s1. The summed E-state index contributed by atoms with van der Waals surface area (Å²) in [6, 6.07) is 5.91. The van der Waals surface area contributed by atoms with Gasteiger partial charge in [-0.2, -0.15) is 0 Å². The Kier molecular flexibility index (Phi) is 3.31. The third kappa shape index (κ3) is 2.67. The first-order chi connectivity index (χ1) is 9.22. The van der Waals surface area contributed by atoms with Gasteiger partial charge in [-0.05, 0) is 43.1 Å². The molecule has 0 radical (unpaired) electrons. The molecule has 1 aromatic heterocycles. The number of nitrogens with one attached hydrogen (secondary N) is 2. The van der Waals surface area contributed by atoms with Gasteiger partial charge in [0.05, 0.1) is 0 Å². The van der Waals surface area contributed by atoms with E-state index in [1.807, 2.05) is 19.1 Å². The Morgan fingerprint density at radius 1 is 1.42 bits per heavy atom. The molecule has 0 saturated carbocycles. The minimum absolute atomic E-state index is 0.0947. The molecule has 19 heavy (non-hydrogen) atoms. The molecule has 2 aromatic rings. The van der Waals surface area contributed by atoms with Crippen LogP contribution in [0.4, 0.5) is 5.13 Å². The molecule has 0 spiro atoms. The Labute approximate surface area is 115 Å². The van der Waals surface area contributed by atoms with Crippen LogP contribution in [0.15, 0.2) is 24.4 Å².